The zero-order valence-electron chi connectivity index (χ0n) is 15.3. The molecule has 0 unspecified atom stereocenters. The van der Waals surface area contributed by atoms with Gasteiger partial charge in [0, 0.05) is 19.2 Å². The van der Waals surface area contributed by atoms with Crippen LogP contribution < -0.4 is 4.90 Å². The summed E-state index contributed by atoms with van der Waals surface area (Å²) < 4.78 is 38.4. The van der Waals surface area contributed by atoms with E-state index in [1.807, 2.05) is 27.7 Å². The highest BCUT2D eigenvalue weighted by Crippen LogP contribution is 2.32. The van der Waals surface area contributed by atoms with Crippen molar-refractivity contribution in [2.75, 3.05) is 24.5 Å². The van der Waals surface area contributed by atoms with Crippen LogP contribution in [0.4, 0.5) is 18.9 Å². The lowest BCUT2D eigenvalue weighted by Gasteiger charge is -2.29. The molecule has 0 amide bonds. The fourth-order valence-corrected chi connectivity index (χ4v) is 2.81. The fourth-order valence-electron chi connectivity index (χ4n) is 2.81. The van der Waals surface area contributed by atoms with Crippen molar-refractivity contribution < 1.29 is 23.0 Å². The molecule has 1 atom stereocenters. The molecule has 1 saturated heterocycles. The average molecular weight is 375 g/mol. The SMILES string of the molecule is CCN(/[N+]([O-])=N\O[C@@H]1CCN(c2cncc(C(F)(F)F)c2)C1)C(C)(C)C. The van der Waals surface area contributed by atoms with Gasteiger partial charge in [0.15, 0.2) is 6.10 Å². The summed E-state index contributed by atoms with van der Waals surface area (Å²) in [6.07, 6.45) is -2.08. The third-order valence-electron chi connectivity index (χ3n) is 4.11. The monoisotopic (exact) mass is 375 g/mol. The van der Waals surface area contributed by atoms with Gasteiger partial charge in [-0.25, -0.2) is 0 Å². The van der Waals surface area contributed by atoms with Crippen LogP contribution in [0.3, 0.4) is 0 Å². The van der Waals surface area contributed by atoms with Gasteiger partial charge >= 0.3 is 6.18 Å². The van der Waals surface area contributed by atoms with Crippen molar-refractivity contribution in [1.82, 2.24) is 9.99 Å². The Balaban J connectivity index is 2.00. The minimum absolute atomic E-state index is 0.335. The van der Waals surface area contributed by atoms with Gasteiger partial charge < -0.3 is 14.9 Å². The molecule has 2 rings (SSSR count). The van der Waals surface area contributed by atoms with Crippen molar-refractivity contribution in [3.8, 4) is 0 Å². The van der Waals surface area contributed by atoms with E-state index in [-0.39, 0.29) is 6.10 Å². The van der Waals surface area contributed by atoms with Crippen molar-refractivity contribution in [3.05, 3.63) is 29.2 Å². The van der Waals surface area contributed by atoms with E-state index in [1.54, 1.807) is 4.90 Å². The molecule has 0 bridgehead atoms. The Bertz CT molecular complexity index is 646. The standard InChI is InChI=1S/C16H24F3N5O2/c1-5-23(15(2,3)4)24(25)21-26-14-6-7-22(11-14)13-8-12(9-20-10-13)16(17,18)19/h8-10,14H,5-7,11H2,1-4H3/b24-21+/t14-/m1/s1. The number of hydrogen-bond acceptors (Lipinski definition) is 5. The summed E-state index contributed by atoms with van der Waals surface area (Å²) in [5.74, 6) is 0. The molecular weight excluding hydrogens is 351 g/mol. The van der Waals surface area contributed by atoms with Gasteiger partial charge in [0.05, 0.1) is 41.0 Å². The smallest absolute Gasteiger partial charge is 0.417 e. The summed E-state index contributed by atoms with van der Waals surface area (Å²) in [5.41, 5.74) is -0.831. The highest BCUT2D eigenvalue weighted by atomic mass is 19.4. The highest BCUT2D eigenvalue weighted by Gasteiger charge is 2.33. The second kappa shape index (κ2) is 7.55. The molecule has 0 spiro atoms. The molecule has 26 heavy (non-hydrogen) atoms. The first kappa shape index (κ1) is 20.1. The maximum absolute atomic E-state index is 12.8. The zero-order valence-corrected chi connectivity index (χ0v) is 15.3. The number of alkyl halides is 3. The van der Waals surface area contributed by atoms with Crippen molar-refractivity contribution in [3.63, 3.8) is 0 Å². The van der Waals surface area contributed by atoms with Gasteiger partial charge in [-0.3, -0.25) is 4.98 Å². The molecule has 1 aliphatic heterocycles. The first-order valence-corrected chi connectivity index (χ1v) is 8.41. The predicted molar refractivity (Wildman–Crippen MR) is 89.1 cm³/mol. The number of pyridine rings is 1. The summed E-state index contributed by atoms with van der Waals surface area (Å²) in [5, 5.41) is 17.2. The van der Waals surface area contributed by atoms with Crippen LogP contribution in [0.2, 0.25) is 0 Å². The van der Waals surface area contributed by atoms with E-state index in [2.05, 4.69) is 10.3 Å². The molecule has 7 nitrogen and oxygen atoms in total. The van der Waals surface area contributed by atoms with E-state index in [1.165, 1.54) is 11.2 Å². The maximum atomic E-state index is 12.8. The van der Waals surface area contributed by atoms with E-state index < -0.39 is 17.3 Å². The van der Waals surface area contributed by atoms with Crippen LogP contribution in [0.25, 0.3) is 0 Å². The summed E-state index contributed by atoms with van der Waals surface area (Å²) in [7, 11) is 0. The summed E-state index contributed by atoms with van der Waals surface area (Å²) >= 11 is 0. The van der Waals surface area contributed by atoms with Crippen molar-refractivity contribution in [1.29, 1.82) is 0 Å². The topological polar surface area (TPSA) is 67.0 Å². The number of nitrogens with zero attached hydrogens (tertiary/aromatic N) is 5. The van der Waals surface area contributed by atoms with Gasteiger partial charge in [0.1, 0.15) is 0 Å². The van der Waals surface area contributed by atoms with Crippen LogP contribution in [0.1, 0.15) is 39.7 Å². The van der Waals surface area contributed by atoms with Crippen LogP contribution in [0, 0.1) is 5.21 Å². The van der Waals surface area contributed by atoms with Crippen LogP contribution in [-0.4, -0.2) is 46.2 Å². The number of rotatable bonds is 5. The molecule has 1 fully saturated rings. The molecule has 0 aromatic carbocycles. The third kappa shape index (κ3) is 4.89. The van der Waals surface area contributed by atoms with Gasteiger partial charge in [0.25, 0.3) is 0 Å². The minimum Gasteiger partial charge on any atom is -0.569 e. The van der Waals surface area contributed by atoms with E-state index in [9.17, 15) is 18.4 Å². The van der Waals surface area contributed by atoms with E-state index in [0.29, 0.717) is 36.7 Å². The predicted octanol–water partition coefficient (Wildman–Crippen LogP) is 3.61. The number of hydrazine groups is 1. The second-order valence-corrected chi connectivity index (χ2v) is 7.11. The Labute approximate surface area is 150 Å². The molecule has 0 aliphatic carbocycles. The Kier molecular flexibility index (Phi) is 5.82. The van der Waals surface area contributed by atoms with Gasteiger partial charge in [-0.05, 0) is 33.8 Å². The van der Waals surface area contributed by atoms with Gasteiger partial charge in [-0.2, -0.15) is 13.2 Å². The van der Waals surface area contributed by atoms with Gasteiger partial charge in [0.2, 0.25) is 5.28 Å². The lowest BCUT2D eigenvalue weighted by atomic mass is 10.1. The Morgan fingerprint density at radius 2 is 2.08 bits per heavy atom. The number of halogens is 3. The molecule has 0 N–H and O–H groups in total. The molecule has 2 heterocycles. The molecular formula is C16H24F3N5O2. The van der Waals surface area contributed by atoms with Crippen LogP contribution >= 0.6 is 0 Å². The quantitative estimate of drug-likeness (QED) is 0.447. The Morgan fingerprint density at radius 1 is 1.38 bits per heavy atom. The molecule has 10 heteroatoms. The molecule has 1 aliphatic rings. The number of hydrogen-bond donors (Lipinski definition) is 0. The Morgan fingerprint density at radius 3 is 2.65 bits per heavy atom. The van der Waals surface area contributed by atoms with E-state index in [0.717, 1.165) is 12.3 Å². The largest absolute Gasteiger partial charge is 0.569 e. The van der Waals surface area contributed by atoms with Crippen molar-refractivity contribution >= 4 is 5.69 Å². The number of anilines is 1. The van der Waals surface area contributed by atoms with Crippen molar-refractivity contribution in [2.24, 2.45) is 5.28 Å². The molecule has 1 aromatic heterocycles. The van der Waals surface area contributed by atoms with Gasteiger partial charge in [-0.15, -0.1) is 5.01 Å². The molecule has 146 valence electrons. The fraction of sp³-hybridized carbons (Fsp3) is 0.688. The highest BCUT2D eigenvalue weighted by molar-refractivity contribution is 5.47. The molecule has 0 saturated carbocycles. The third-order valence-corrected chi connectivity index (χ3v) is 4.11. The van der Waals surface area contributed by atoms with Crippen LogP contribution in [0.5, 0.6) is 0 Å². The van der Waals surface area contributed by atoms with Crippen molar-refractivity contribution in [2.45, 2.75) is 51.9 Å². The molecule has 0 radical (unpaired) electrons. The lowest BCUT2D eigenvalue weighted by Crippen LogP contribution is -2.45. The lowest BCUT2D eigenvalue weighted by molar-refractivity contribution is -0.725. The zero-order chi connectivity index (χ0) is 19.5. The number of aromatic nitrogens is 1. The first-order chi connectivity index (χ1) is 12.0. The normalized spacial score (nSPS) is 19.0. The average Bonchev–Trinajstić information content (AvgIpc) is 3.00. The van der Waals surface area contributed by atoms with Crippen LogP contribution in [-0.2, 0) is 11.0 Å². The summed E-state index contributed by atoms with van der Waals surface area (Å²) in [6, 6.07) is 1.06. The first-order valence-electron chi connectivity index (χ1n) is 8.41. The van der Waals surface area contributed by atoms with E-state index in [4.69, 9.17) is 4.84 Å². The van der Waals surface area contributed by atoms with Gasteiger partial charge in [-0.1, -0.05) is 0 Å². The summed E-state index contributed by atoms with van der Waals surface area (Å²) in [4.78, 5) is 11.1. The summed E-state index contributed by atoms with van der Waals surface area (Å²) in [6.45, 7) is 8.79. The van der Waals surface area contributed by atoms with Crippen LogP contribution in [0.15, 0.2) is 23.7 Å². The van der Waals surface area contributed by atoms with E-state index >= 15 is 0 Å². The minimum atomic E-state index is -4.44. The maximum Gasteiger partial charge on any atom is 0.417 e. The second-order valence-electron chi connectivity index (χ2n) is 7.11. The molecule has 1 aromatic rings. The Hall–Kier alpha value is -2.26.